The number of nitrogens with zero attached hydrogens (tertiary/aromatic N) is 2. The van der Waals surface area contributed by atoms with Gasteiger partial charge in [0.25, 0.3) is 0 Å². The molecule has 0 radical (unpaired) electrons. The zero-order valence-corrected chi connectivity index (χ0v) is 26.7. The maximum Gasteiger partial charge on any atom is 0.241 e. The van der Waals surface area contributed by atoms with Crippen LogP contribution in [0.15, 0.2) is 42.0 Å². The zero-order valence-electron chi connectivity index (χ0n) is 25.9. The quantitative estimate of drug-likeness (QED) is 0.323. The van der Waals surface area contributed by atoms with Crippen molar-refractivity contribution in [3.63, 3.8) is 0 Å². The number of ether oxygens (including phenoxy) is 2. The zero-order chi connectivity index (χ0) is 32.7. The highest BCUT2D eigenvalue weighted by Gasteiger charge is 2.68. The van der Waals surface area contributed by atoms with Gasteiger partial charge < -0.3 is 14.6 Å². The molecule has 2 heterocycles. The minimum absolute atomic E-state index is 0.111. The molecule has 11 heteroatoms. The van der Waals surface area contributed by atoms with E-state index in [9.17, 15) is 28.7 Å². The van der Waals surface area contributed by atoms with Crippen LogP contribution >= 0.6 is 11.6 Å². The number of halogens is 2. The molecule has 0 aromatic heterocycles. The van der Waals surface area contributed by atoms with E-state index in [0.29, 0.717) is 12.0 Å². The molecule has 2 aliphatic heterocycles. The summed E-state index contributed by atoms with van der Waals surface area (Å²) in [5.74, 6) is -5.08. The summed E-state index contributed by atoms with van der Waals surface area (Å²) in [5, 5.41) is 10.3. The predicted molar refractivity (Wildman–Crippen MR) is 166 cm³/mol. The molecule has 2 aromatic carbocycles. The lowest BCUT2D eigenvalue weighted by atomic mass is 9.51. The molecule has 5 aliphatic rings. The van der Waals surface area contributed by atoms with Crippen molar-refractivity contribution in [3.05, 3.63) is 58.4 Å². The van der Waals surface area contributed by atoms with Crippen LogP contribution < -0.4 is 14.4 Å². The normalized spacial score (nSPS) is 31.1. The second-order valence-corrected chi connectivity index (χ2v) is 13.8. The average Bonchev–Trinajstić information content (AvgIpc) is 3.42. The third-order valence-electron chi connectivity index (χ3n) is 11.2. The van der Waals surface area contributed by atoms with Gasteiger partial charge in [-0.15, -0.1) is 0 Å². The van der Waals surface area contributed by atoms with Crippen molar-refractivity contribution in [1.82, 2.24) is 4.90 Å². The van der Waals surface area contributed by atoms with E-state index in [0.717, 1.165) is 48.6 Å². The molecular formula is C35H36ClFN2O7. The van der Waals surface area contributed by atoms with Crippen molar-refractivity contribution in [2.24, 2.45) is 29.1 Å². The summed E-state index contributed by atoms with van der Waals surface area (Å²) in [4.78, 5) is 59.8. The first-order valence-corrected chi connectivity index (χ1v) is 16.3. The summed E-state index contributed by atoms with van der Waals surface area (Å²) in [6, 6.07) is 6.45. The Hall–Kier alpha value is -3.92. The van der Waals surface area contributed by atoms with Crippen molar-refractivity contribution in [2.45, 2.75) is 63.8 Å². The molecule has 6 unspecified atom stereocenters. The molecule has 0 bridgehead atoms. The number of anilines is 1. The second-order valence-electron chi connectivity index (χ2n) is 13.4. The average molecular weight is 651 g/mol. The van der Waals surface area contributed by atoms with E-state index < -0.39 is 52.6 Å². The third kappa shape index (κ3) is 4.25. The number of phenols is 1. The summed E-state index contributed by atoms with van der Waals surface area (Å²) >= 11 is 6.10. The first-order valence-electron chi connectivity index (χ1n) is 15.9. The Morgan fingerprint density at radius 3 is 2.24 bits per heavy atom. The van der Waals surface area contributed by atoms with E-state index >= 15 is 0 Å². The van der Waals surface area contributed by atoms with Gasteiger partial charge in [-0.25, -0.2) is 9.29 Å². The van der Waals surface area contributed by atoms with Crippen LogP contribution in [0.2, 0.25) is 5.02 Å². The van der Waals surface area contributed by atoms with E-state index in [4.69, 9.17) is 21.1 Å². The molecule has 1 N–H and O–H groups in total. The number of carbonyl (C=O) groups is 4. The van der Waals surface area contributed by atoms with Gasteiger partial charge in [0.1, 0.15) is 23.1 Å². The molecule has 2 saturated heterocycles. The van der Waals surface area contributed by atoms with E-state index in [1.54, 1.807) is 6.92 Å². The van der Waals surface area contributed by atoms with Crippen LogP contribution in [0.1, 0.15) is 63.4 Å². The van der Waals surface area contributed by atoms with Crippen LogP contribution in [0.5, 0.6) is 17.2 Å². The van der Waals surface area contributed by atoms with Gasteiger partial charge in [0.05, 0.1) is 48.1 Å². The number of amides is 4. The molecule has 2 aromatic rings. The van der Waals surface area contributed by atoms with Gasteiger partial charge in [0, 0.05) is 29.7 Å². The lowest BCUT2D eigenvalue weighted by molar-refractivity contribution is -0.144. The number of fused-ring (bicyclic) bond motifs is 4. The maximum atomic E-state index is 14.7. The summed E-state index contributed by atoms with van der Waals surface area (Å²) < 4.78 is 25.7. The number of hydrogen-bond acceptors (Lipinski definition) is 7. The molecule has 4 fully saturated rings. The number of rotatable bonds is 5. The van der Waals surface area contributed by atoms with Crippen LogP contribution in [-0.2, 0) is 19.2 Å². The van der Waals surface area contributed by atoms with Gasteiger partial charge in [-0.05, 0) is 56.7 Å². The molecule has 242 valence electrons. The first kappa shape index (κ1) is 30.7. The van der Waals surface area contributed by atoms with Gasteiger partial charge in [-0.1, -0.05) is 42.5 Å². The Labute approximate surface area is 271 Å². The van der Waals surface area contributed by atoms with Gasteiger partial charge in [0.15, 0.2) is 0 Å². The first-order chi connectivity index (χ1) is 22.0. The van der Waals surface area contributed by atoms with Gasteiger partial charge in [-0.2, -0.15) is 0 Å². The Morgan fingerprint density at radius 1 is 0.935 bits per heavy atom. The predicted octanol–water partition coefficient (Wildman–Crippen LogP) is 5.77. The van der Waals surface area contributed by atoms with Crippen LogP contribution in [0.3, 0.4) is 0 Å². The van der Waals surface area contributed by atoms with Crippen LogP contribution in [0, 0.1) is 34.9 Å². The molecule has 7 rings (SSSR count). The van der Waals surface area contributed by atoms with E-state index in [2.05, 4.69) is 0 Å². The van der Waals surface area contributed by atoms with Crippen LogP contribution in [-0.4, -0.2) is 53.9 Å². The van der Waals surface area contributed by atoms with E-state index in [1.807, 2.05) is 6.08 Å². The highest BCUT2D eigenvalue weighted by molar-refractivity contribution is 6.31. The van der Waals surface area contributed by atoms with Crippen LogP contribution in [0.25, 0.3) is 0 Å². The summed E-state index contributed by atoms with van der Waals surface area (Å²) in [6.45, 7) is 1.73. The lowest BCUT2D eigenvalue weighted by Crippen LogP contribution is -2.49. The Balaban J connectivity index is 1.40. The fourth-order valence-corrected chi connectivity index (χ4v) is 9.30. The number of allylic oxidation sites excluding steroid dienone is 2. The number of methoxy groups -OCH3 is 2. The molecular weight excluding hydrogens is 615 g/mol. The highest BCUT2D eigenvalue weighted by atomic mass is 35.5. The van der Waals surface area contributed by atoms with Crippen LogP contribution in [0.4, 0.5) is 10.1 Å². The maximum absolute atomic E-state index is 14.7. The van der Waals surface area contributed by atoms with Gasteiger partial charge in [0.2, 0.25) is 23.6 Å². The lowest BCUT2D eigenvalue weighted by Gasteiger charge is -2.49. The molecule has 6 atom stereocenters. The number of imide groups is 2. The van der Waals surface area contributed by atoms with Crippen molar-refractivity contribution >= 4 is 40.9 Å². The smallest absolute Gasteiger partial charge is 0.241 e. The van der Waals surface area contributed by atoms with Crippen molar-refractivity contribution in [3.8, 4) is 17.2 Å². The summed E-state index contributed by atoms with van der Waals surface area (Å²) in [7, 11) is 2.89. The SMILES string of the molecule is COc1cc(O)cc(OC)c1C1C2=CCC3C(=O)N(C4CCCCC4)C(=O)C3C2CC2C(=O)N(c3ccc(F)c(Cl)c3)C(=O)C21C. The highest BCUT2D eigenvalue weighted by Crippen LogP contribution is 2.66. The Bertz CT molecular complexity index is 1680. The standard InChI is InChI=1S/C35H36ClFN2O7/c1-35-23(32(42)39(34(35)44)18-9-12-25(37)24(36)13-18)16-22-20(30(35)29-26(45-2)14-19(40)15-27(29)46-3)10-11-21-28(22)33(43)38(31(21)41)17-7-5-4-6-8-17/h9-10,12-15,17,21-23,28,30,40H,4-8,11,16H2,1-3H3. The number of carbonyl (C=O) groups excluding carboxylic acids is 4. The number of hydrogen-bond donors (Lipinski definition) is 1. The van der Waals surface area contributed by atoms with Crippen molar-refractivity contribution in [2.75, 3.05) is 19.1 Å². The molecule has 3 aliphatic carbocycles. The molecule has 46 heavy (non-hydrogen) atoms. The molecule has 0 spiro atoms. The minimum atomic E-state index is -1.39. The minimum Gasteiger partial charge on any atom is -0.508 e. The second kappa shape index (κ2) is 11.1. The topological polar surface area (TPSA) is 113 Å². The summed E-state index contributed by atoms with van der Waals surface area (Å²) in [6.07, 6.45) is 7.05. The number of phenolic OH excluding ortho intramolecular Hbond substituents is 1. The number of benzene rings is 2. The fraction of sp³-hybridized carbons (Fsp3) is 0.486. The fourth-order valence-electron chi connectivity index (χ4n) is 9.13. The monoisotopic (exact) mass is 650 g/mol. The molecule has 2 saturated carbocycles. The molecule has 9 nitrogen and oxygen atoms in total. The van der Waals surface area contributed by atoms with Crippen molar-refractivity contribution < 1.29 is 38.1 Å². The number of likely N-dealkylation sites (tertiary alicyclic amines) is 1. The van der Waals surface area contributed by atoms with Gasteiger partial charge in [-0.3, -0.25) is 24.1 Å². The van der Waals surface area contributed by atoms with E-state index in [1.165, 1.54) is 43.4 Å². The Morgan fingerprint density at radius 2 is 1.61 bits per heavy atom. The molecule has 4 amide bonds. The van der Waals surface area contributed by atoms with Gasteiger partial charge >= 0.3 is 0 Å². The largest absolute Gasteiger partial charge is 0.508 e. The summed E-state index contributed by atoms with van der Waals surface area (Å²) in [5.41, 5.74) is -0.00928. The third-order valence-corrected chi connectivity index (χ3v) is 11.5. The Kier molecular flexibility index (Phi) is 7.42. The van der Waals surface area contributed by atoms with Crippen molar-refractivity contribution in [1.29, 1.82) is 0 Å². The number of aromatic hydroxyl groups is 1. The van der Waals surface area contributed by atoms with E-state index in [-0.39, 0.29) is 52.2 Å².